The maximum absolute atomic E-state index is 12.0. The van der Waals surface area contributed by atoms with Crippen LogP contribution in [0.25, 0.3) is 0 Å². The van der Waals surface area contributed by atoms with Crippen molar-refractivity contribution in [3.63, 3.8) is 0 Å². The van der Waals surface area contributed by atoms with Crippen LogP contribution in [0.3, 0.4) is 0 Å². The highest BCUT2D eigenvalue weighted by Gasteiger charge is 2.18. The average Bonchev–Trinajstić information content (AvgIpc) is 2.52. The molecule has 0 aliphatic carbocycles. The van der Waals surface area contributed by atoms with E-state index in [0.29, 0.717) is 11.4 Å². The molecule has 124 valence electrons. The van der Waals surface area contributed by atoms with Crippen LogP contribution in [0.1, 0.15) is 5.56 Å². The smallest absolute Gasteiger partial charge is 0.314 e. The normalized spacial score (nSPS) is 10.1. The fourth-order valence-corrected chi connectivity index (χ4v) is 2.02. The molecule has 8 nitrogen and oxygen atoms in total. The second-order valence-electron chi connectivity index (χ2n) is 4.92. The summed E-state index contributed by atoms with van der Waals surface area (Å²) in [7, 11) is 0. The first-order valence-electron chi connectivity index (χ1n) is 6.70. The van der Waals surface area contributed by atoms with Crippen molar-refractivity contribution in [1.29, 1.82) is 0 Å². The van der Waals surface area contributed by atoms with Gasteiger partial charge in [0.15, 0.2) is 0 Å². The number of carbonyl (C=O) groups is 2. The molecular weight excluding hydrogens is 336 g/mol. The Bertz CT molecular complexity index is 838. The number of rotatable bonds is 3. The number of nitrogens with zero attached hydrogens (tertiary/aromatic N) is 1. The van der Waals surface area contributed by atoms with E-state index in [9.17, 15) is 19.7 Å². The third-order valence-electron chi connectivity index (χ3n) is 3.07. The van der Waals surface area contributed by atoms with Crippen LogP contribution in [-0.4, -0.2) is 16.7 Å². The van der Waals surface area contributed by atoms with Crippen molar-refractivity contribution in [3.8, 4) is 0 Å². The molecule has 24 heavy (non-hydrogen) atoms. The summed E-state index contributed by atoms with van der Waals surface area (Å²) in [6, 6.07) is 8.47. The van der Waals surface area contributed by atoms with Gasteiger partial charge in [0.1, 0.15) is 0 Å². The zero-order valence-electron chi connectivity index (χ0n) is 12.5. The van der Waals surface area contributed by atoms with E-state index in [1.807, 2.05) is 0 Å². The predicted molar refractivity (Wildman–Crippen MR) is 91.0 cm³/mol. The summed E-state index contributed by atoms with van der Waals surface area (Å²) in [5.41, 5.74) is 6.86. The molecule has 0 radical (unpaired) electrons. The molecule has 9 heteroatoms. The molecule has 0 atom stereocenters. The second-order valence-corrected chi connectivity index (χ2v) is 5.33. The Morgan fingerprint density at radius 2 is 1.71 bits per heavy atom. The molecule has 0 unspecified atom stereocenters. The van der Waals surface area contributed by atoms with E-state index in [1.54, 1.807) is 25.1 Å². The van der Waals surface area contributed by atoms with E-state index in [1.165, 1.54) is 12.1 Å². The minimum atomic E-state index is -1.03. The van der Waals surface area contributed by atoms with Crippen molar-refractivity contribution in [1.82, 2.24) is 0 Å². The fourth-order valence-electron chi connectivity index (χ4n) is 1.86. The monoisotopic (exact) mass is 348 g/mol. The molecule has 0 aliphatic heterocycles. The molecule has 0 heterocycles. The number of hydrogen-bond acceptors (Lipinski definition) is 5. The highest BCUT2D eigenvalue weighted by atomic mass is 35.5. The van der Waals surface area contributed by atoms with Gasteiger partial charge in [0.25, 0.3) is 5.69 Å². The number of nitro groups is 1. The minimum absolute atomic E-state index is 0.0387. The predicted octanol–water partition coefficient (Wildman–Crippen LogP) is 2.72. The number of anilines is 3. The Labute approximate surface area is 141 Å². The van der Waals surface area contributed by atoms with Gasteiger partial charge in [-0.15, -0.1) is 0 Å². The number of aryl methyl sites for hydroxylation is 1. The molecule has 2 aromatic carbocycles. The number of nitrogens with two attached hydrogens (primary N) is 1. The van der Waals surface area contributed by atoms with Crippen LogP contribution < -0.4 is 16.4 Å². The SMILES string of the molecule is Cc1ccc(N)c(NC(=O)C(=O)Nc2cc([N+](=O)[O-])ccc2Cl)c1. The van der Waals surface area contributed by atoms with Crippen LogP contribution in [0, 0.1) is 17.0 Å². The quantitative estimate of drug-likeness (QED) is 0.340. The van der Waals surface area contributed by atoms with Crippen LogP contribution in [0.5, 0.6) is 0 Å². The van der Waals surface area contributed by atoms with Crippen LogP contribution in [-0.2, 0) is 9.59 Å². The largest absolute Gasteiger partial charge is 0.397 e. The van der Waals surface area contributed by atoms with Gasteiger partial charge in [-0.2, -0.15) is 0 Å². The molecule has 0 aromatic heterocycles. The Morgan fingerprint density at radius 1 is 1.08 bits per heavy atom. The molecule has 0 fully saturated rings. The number of halogens is 1. The Balaban J connectivity index is 2.15. The van der Waals surface area contributed by atoms with Crippen LogP contribution in [0.15, 0.2) is 36.4 Å². The average molecular weight is 349 g/mol. The van der Waals surface area contributed by atoms with E-state index in [-0.39, 0.29) is 16.4 Å². The van der Waals surface area contributed by atoms with Crippen molar-refractivity contribution in [2.24, 2.45) is 0 Å². The van der Waals surface area contributed by atoms with Gasteiger partial charge in [-0.05, 0) is 30.7 Å². The van der Waals surface area contributed by atoms with Gasteiger partial charge in [0, 0.05) is 12.1 Å². The number of carbonyl (C=O) groups excluding carboxylic acids is 2. The Hall–Kier alpha value is -3.13. The topological polar surface area (TPSA) is 127 Å². The number of nitro benzene ring substituents is 1. The zero-order chi connectivity index (χ0) is 17.9. The fraction of sp³-hybridized carbons (Fsp3) is 0.0667. The summed E-state index contributed by atoms with van der Waals surface area (Å²) in [5.74, 6) is -2.01. The Kier molecular flexibility index (Phi) is 5.00. The number of non-ortho nitro benzene ring substituents is 1. The second kappa shape index (κ2) is 6.97. The minimum Gasteiger partial charge on any atom is -0.397 e. The first-order valence-corrected chi connectivity index (χ1v) is 7.08. The molecule has 4 N–H and O–H groups in total. The maximum atomic E-state index is 12.0. The number of amides is 2. The molecule has 0 aliphatic rings. The maximum Gasteiger partial charge on any atom is 0.314 e. The molecule has 2 rings (SSSR count). The van der Waals surface area contributed by atoms with Crippen LogP contribution >= 0.6 is 11.6 Å². The lowest BCUT2D eigenvalue weighted by Gasteiger charge is -2.10. The summed E-state index contributed by atoms with van der Waals surface area (Å²) < 4.78 is 0. The van der Waals surface area contributed by atoms with Gasteiger partial charge in [-0.3, -0.25) is 19.7 Å². The number of nitrogens with one attached hydrogen (secondary N) is 2. The van der Waals surface area contributed by atoms with E-state index in [0.717, 1.165) is 11.6 Å². The third kappa shape index (κ3) is 3.99. The van der Waals surface area contributed by atoms with Gasteiger partial charge >= 0.3 is 11.8 Å². The lowest BCUT2D eigenvalue weighted by Crippen LogP contribution is -2.29. The van der Waals surface area contributed by atoms with Crippen LogP contribution in [0.2, 0.25) is 5.02 Å². The Morgan fingerprint density at radius 3 is 2.33 bits per heavy atom. The van der Waals surface area contributed by atoms with Crippen LogP contribution in [0.4, 0.5) is 22.7 Å². The highest BCUT2D eigenvalue weighted by molar-refractivity contribution is 6.45. The highest BCUT2D eigenvalue weighted by Crippen LogP contribution is 2.26. The molecular formula is C15H13ClN4O4. The van der Waals surface area contributed by atoms with E-state index >= 15 is 0 Å². The third-order valence-corrected chi connectivity index (χ3v) is 3.40. The lowest BCUT2D eigenvalue weighted by molar-refractivity contribution is -0.384. The van der Waals surface area contributed by atoms with E-state index in [2.05, 4.69) is 10.6 Å². The number of hydrogen-bond donors (Lipinski definition) is 3. The standard InChI is InChI=1S/C15H13ClN4O4/c1-8-2-5-11(17)13(6-8)19-15(22)14(21)18-12-7-9(20(23)24)3-4-10(12)16/h2-7H,17H2,1H3,(H,18,21)(H,19,22). The van der Waals surface area contributed by atoms with E-state index < -0.39 is 16.7 Å². The molecule has 0 saturated carbocycles. The van der Waals surface area contributed by atoms with E-state index in [4.69, 9.17) is 17.3 Å². The molecule has 2 amide bonds. The first kappa shape index (κ1) is 17.2. The van der Waals surface area contributed by atoms with Crippen molar-refractivity contribution in [2.45, 2.75) is 6.92 Å². The van der Waals surface area contributed by atoms with Crippen molar-refractivity contribution < 1.29 is 14.5 Å². The van der Waals surface area contributed by atoms with Gasteiger partial charge < -0.3 is 16.4 Å². The summed E-state index contributed by atoms with van der Waals surface area (Å²) in [5, 5.41) is 15.4. The molecule has 0 spiro atoms. The molecule has 2 aromatic rings. The summed E-state index contributed by atoms with van der Waals surface area (Å²) in [4.78, 5) is 34.0. The van der Waals surface area contributed by atoms with Gasteiger partial charge in [-0.25, -0.2) is 0 Å². The van der Waals surface area contributed by atoms with Crippen molar-refractivity contribution in [3.05, 3.63) is 57.1 Å². The summed E-state index contributed by atoms with van der Waals surface area (Å²) in [6.07, 6.45) is 0. The summed E-state index contributed by atoms with van der Waals surface area (Å²) >= 11 is 5.87. The number of benzene rings is 2. The zero-order valence-corrected chi connectivity index (χ0v) is 13.3. The first-order chi connectivity index (χ1) is 11.3. The van der Waals surface area contributed by atoms with Gasteiger partial charge in [0.05, 0.1) is 27.0 Å². The molecule has 0 saturated heterocycles. The van der Waals surface area contributed by atoms with Crippen molar-refractivity contribution >= 4 is 46.2 Å². The molecule has 0 bridgehead atoms. The summed E-state index contributed by atoms with van der Waals surface area (Å²) in [6.45, 7) is 1.80. The van der Waals surface area contributed by atoms with Gasteiger partial charge in [-0.1, -0.05) is 17.7 Å². The van der Waals surface area contributed by atoms with Crippen molar-refractivity contribution in [2.75, 3.05) is 16.4 Å². The number of nitrogen functional groups attached to an aromatic ring is 1. The van der Waals surface area contributed by atoms with Gasteiger partial charge in [0.2, 0.25) is 0 Å². The lowest BCUT2D eigenvalue weighted by atomic mass is 10.2.